The van der Waals surface area contributed by atoms with E-state index >= 15 is 0 Å². The number of hydrogen-bond donors (Lipinski definition) is 0. The van der Waals surface area contributed by atoms with E-state index in [9.17, 15) is 9.59 Å². The number of rotatable bonds is 1. The molecule has 1 aromatic rings. The predicted molar refractivity (Wildman–Crippen MR) is 86.4 cm³/mol. The summed E-state index contributed by atoms with van der Waals surface area (Å²) in [7, 11) is 0. The van der Waals surface area contributed by atoms with Gasteiger partial charge in [-0.3, -0.25) is 14.5 Å². The highest BCUT2D eigenvalue weighted by molar-refractivity contribution is 9.10. The van der Waals surface area contributed by atoms with Crippen LogP contribution in [0.5, 0.6) is 0 Å². The summed E-state index contributed by atoms with van der Waals surface area (Å²) in [5.41, 5.74) is 0.118. The van der Waals surface area contributed by atoms with Crippen LogP contribution in [0.4, 0.5) is 5.69 Å². The summed E-state index contributed by atoms with van der Waals surface area (Å²) in [4.78, 5) is 26.6. The highest BCUT2D eigenvalue weighted by Gasteiger charge is 2.51. The maximum Gasteiger partial charge on any atom is 0.240 e. The Bertz CT molecular complexity index is 594. The van der Waals surface area contributed by atoms with Crippen LogP contribution in [-0.4, -0.2) is 11.8 Å². The number of halogens is 2. The van der Waals surface area contributed by atoms with E-state index in [0.29, 0.717) is 17.1 Å². The topological polar surface area (TPSA) is 37.4 Å². The zero-order chi connectivity index (χ0) is 15.0. The maximum atomic E-state index is 12.9. The minimum atomic E-state index is -0.465. The molecule has 0 radical (unpaired) electrons. The quantitative estimate of drug-likeness (QED) is 0.672. The fraction of sp³-hybridized carbons (Fsp3) is 0.500. The largest absolute Gasteiger partial charge is 0.274 e. The highest BCUT2D eigenvalue weighted by Crippen LogP contribution is 2.46. The van der Waals surface area contributed by atoms with E-state index in [1.165, 1.54) is 4.90 Å². The Morgan fingerprint density at radius 2 is 1.76 bits per heavy atom. The molecule has 1 saturated heterocycles. The summed E-state index contributed by atoms with van der Waals surface area (Å²) in [5.74, 6) is -0.131. The molecule has 0 N–H and O–H groups in total. The van der Waals surface area contributed by atoms with Crippen LogP contribution >= 0.6 is 27.5 Å². The number of carbonyl (C=O) groups is 2. The van der Waals surface area contributed by atoms with Crippen LogP contribution in [-0.2, 0) is 9.59 Å². The smallest absolute Gasteiger partial charge is 0.240 e. The number of amides is 2. The minimum Gasteiger partial charge on any atom is -0.274 e. The second-order valence-electron chi connectivity index (χ2n) is 6.00. The average molecular weight is 371 g/mol. The van der Waals surface area contributed by atoms with Crippen molar-refractivity contribution in [1.29, 1.82) is 0 Å². The van der Waals surface area contributed by atoms with Crippen molar-refractivity contribution in [2.24, 2.45) is 5.41 Å². The highest BCUT2D eigenvalue weighted by atomic mass is 79.9. The lowest BCUT2D eigenvalue weighted by Gasteiger charge is -2.25. The molecule has 3 rings (SSSR count). The Morgan fingerprint density at radius 3 is 2.38 bits per heavy atom. The molecule has 112 valence electrons. The first kappa shape index (κ1) is 15.0. The second-order valence-corrected chi connectivity index (χ2v) is 7.27. The van der Waals surface area contributed by atoms with Crippen LogP contribution < -0.4 is 4.90 Å². The van der Waals surface area contributed by atoms with Crippen LogP contribution in [0.15, 0.2) is 22.7 Å². The van der Waals surface area contributed by atoms with E-state index in [4.69, 9.17) is 11.6 Å². The van der Waals surface area contributed by atoms with Gasteiger partial charge >= 0.3 is 0 Å². The first-order chi connectivity index (χ1) is 10.0. The zero-order valence-electron chi connectivity index (χ0n) is 11.7. The molecular weight excluding hydrogens is 354 g/mol. The molecule has 2 fully saturated rings. The van der Waals surface area contributed by atoms with E-state index in [2.05, 4.69) is 15.9 Å². The third kappa shape index (κ3) is 2.64. The van der Waals surface area contributed by atoms with Crippen LogP contribution in [0.1, 0.15) is 44.9 Å². The van der Waals surface area contributed by atoms with Gasteiger partial charge in [-0.25, -0.2) is 0 Å². The molecule has 2 aliphatic rings. The normalized spacial score (nSPS) is 21.9. The molecule has 5 heteroatoms. The van der Waals surface area contributed by atoms with Gasteiger partial charge in [0.1, 0.15) is 0 Å². The molecule has 0 atom stereocenters. The van der Waals surface area contributed by atoms with E-state index in [-0.39, 0.29) is 11.8 Å². The molecular formula is C16H17BrClNO2. The fourth-order valence-corrected chi connectivity index (χ4v) is 3.90. The van der Waals surface area contributed by atoms with E-state index in [0.717, 1.165) is 43.0 Å². The van der Waals surface area contributed by atoms with Crippen LogP contribution in [0.3, 0.4) is 0 Å². The summed E-state index contributed by atoms with van der Waals surface area (Å²) >= 11 is 9.42. The molecule has 1 heterocycles. The van der Waals surface area contributed by atoms with Gasteiger partial charge in [0, 0.05) is 10.9 Å². The molecule has 3 nitrogen and oxygen atoms in total. The molecule has 0 bridgehead atoms. The van der Waals surface area contributed by atoms with E-state index in [1.807, 2.05) is 0 Å². The molecule has 2 amide bonds. The number of benzene rings is 1. The maximum absolute atomic E-state index is 12.9. The van der Waals surface area contributed by atoms with Gasteiger partial charge < -0.3 is 0 Å². The standard InChI is InChI=1S/C16H17BrClNO2/c17-12-6-5-11(9-13(12)18)19-14(20)10-16(15(19)21)7-3-1-2-4-8-16/h5-6,9H,1-4,7-8,10H2. The number of imide groups is 1. The zero-order valence-corrected chi connectivity index (χ0v) is 14.0. The molecule has 1 spiro atoms. The summed E-state index contributed by atoms with van der Waals surface area (Å²) in [6, 6.07) is 5.22. The van der Waals surface area contributed by atoms with Crippen molar-refractivity contribution in [3.63, 3.8) is 0 Å². The molecule has 1 aromatic carbocycles. The van der Waals surface area contributed by atoms with Crippen LogP contribution in [0.2, 0.25) is 5.02 Å². The lowest BCUT2D eigenvalue weighted by molar-refractivity contribution is -0.126. The molecule has 1 aliphatic carbocycles. The van der Waals surface area contributed by atoms with E-state index < -0.39 is 5.41 Å². The summed E-state index contributed by atoms with van der Waals surface area (Å²) in [6.45, 7) is 0. The first-order valence-corrected chi connectivity index (χ1v) is 8.53. The van der Waals surface area contributed by atoms with Crippen molar-refractivity contribution in [3.05, 3.63) is 27.7 Å². The first-order valence-electron chi connectivity index (χ1n) is 7.36. The third-order valence-electron chi connectivity index (χ3n) is 4.62. The summed E-state index contributed by atoms with van der Waals surface area (Å²) in [6.07, 6.45) is 6.40. The average Bonchev–Trinajstić information content (AvgIpc) is 2.61. The van der Waals surface area contributed by atoms with Crippen molar-refractivity contribution in [2.45, 2.75) is 44.9 Å². The van der Waals surface area contributed by atoms with Gasteiger partial charge in [-0.2, -0.15) is 0 Å². The fourth-order valence-electron chi connectivity index (χ4n) is 3.48. The van der Waals surface area contributed by atoms with Gasteiger partial charge in [0.2, 0.25) is 11.8 Å². The second kappa shape index (κ2) is 5.73. The lowest BCUT2D eigenvalue weighted by Crippen LogP contribution is -2.35. The minimum absolute atomic E-state index is 0.0345. The van der Waals surface area contributed by atoms with Gasteiger partial charge in [0.25, 0.3) is 0 Å². The Labute approximate surface area is 137 Å². The van der Waals surface area contributed by atoms with Gasteiger partial charge in [0.15, 0.2) is 0 Å². The molecule has 1 saturated carbocycles. The number of carbonyl (C=O) groups excluding carboxylic acids is 2. The number of nitrogens with zero attached hydrogens (tertiary/aromatic N) is 1. The molecule has 21 heavy (non-hydrogen) atoms. The monoisotopic (exact) mass is 369 g/mol. The summed E-state index contributed by atoms with van der Waals surface area (Å²) in [5, 5.41) is 0.509. The molecule has 0 unspecified atom stereocenters. The Kier molecular flexibility index (Phi) is 4.10. The number of hydrogen-bond acceptors (Lipinski definition) is 2. The van der Waals surface area contributed by atoms with Gasteiger partial charge in [-0.1, -0.05) is 37.3 Å². The van der Waals surface area contributed by atoms with E-state index in [1.54, 1.807) is 18.2 Å². The van der Waals surface area contributed by atoms with Crippen LogP contribution in [0, 0.1) is 5.41 Å². The van der Waals surface area contributed by atoms with Crippen LogP contribution in [0.25, 0.3) is 0 Å². The third-order valence-corrected chi connectivity index (χ3v) is 5.85. The SMILES string of the molecule is O=C1CC2(CCCCCC2)C(=O)N1c1ccc(Br)c(Cl)c1. The van der Waals surface area contributed by atoms with Crippen molar-refractivity contribution >= 4 is 45.0 Å². The predicted octanol–water partition coefficient (Wildman–Crippen LogP) is 4.71. The van der Waals surface area contributed by atoms with Gasteiger partial charge in [-0.05, 0) is 47.0 Å². The summed E-state index contributed by atoms with van der Waals surface area (Å²) < 4.78 is 0.760. The van der Waals surface area contributed by atoms with Gasteiger partial charge in [-0.15, -0.1) is 0 Å². The van der Waals surface area contributed by atoms with Crippen molar-refractivity contribution in [1.82, 2.24) is 0 Å². The van der Waals surface area contributed by atoms with Crippen molar-refractivity contribution in [2.75, 3.05) is 4.90 Å². The Balaban J connectivity index is 1.94. The van der Waals surface area contributed by atoms with Crippen molar-refractivity contribution < 1.29 is 9.59 Å². The molecule has 1 aliphatic heterocycles. The lowest BCUT2D eigenvalue weighted by atomic mass is 9.79. The van der Waals surface area contributed by atoms with Gasteiger partial charge in [0.05, 0.1) is 16.1 Å². The Morgan fingerprint density at radius 1 is 1.10 bits per heavy atom. The number of anilines is 1. The van der Waals surface area contributed by atoms with Crippen molar-refractivity contribution in [3.8, 4) is 0 Å². The Hall–Kier alpha value is -0.870. The molecule has 0 aromatic heterocycles.